The predicted octanol–water partition coefficient (Wildman–Crippen LogP) is 3.39. The first-order chi connectivity index (χ1) is 17.9. The third-order valence-corrected chi connectivity index (χ3v) is 6.81. The molecular formula is C26H37F3N8O. The number of anilines is 3. The van der Waals surface area contributed by atoms with Crippen LogP contribution in [0.2, 0.25) is 0 Å². The number of likely N-dealkylation sites (N-methyl/N-ethyl adjacent to an activating group) is 1. The summed E-state index contributed by atoms with van der Waals surface area (Å²) in [5, 5.41) is 6.06. The van der Waals surface area contributed by atoms with Crippen LogP contribution in [0.5, 0.6) is 0 Å². The summed E-state index contributed by atoms with van der Waals surface area (Å²) >= 11 is 0. The average molecular weight is 535 g/mol. The molecule has 2 fully saturated rings. The number of piperazine rings is 1. The zero-order valence-corrected chi connectivity index (χ0v) is 22.5. The smallest absolute Gasteiger partial charge is 0.352 e. The van der Waals surface area contributed by atoms with E-state index in [9.17, 15) is 18.0 Å². The van der Waals surface area contributed by atoms with Gasteiger partial charge in [0.05, 0.1) is 5.56 Å². The molecule has 2 saturated heterocycles. The first kappa shape index (κ1) is 27.9. The number of aromatic nitrogens is 3. The summed E-state index contributed by atoms with van der Waals surface area (Å²) in [5.74, 6) is 1.21. The van der Waals surface area contributed by atoms with Gasteiger partial charge in [-0.15, -0.1) is 0 Å². The number of carbonyl (C=O) groups excluding carboxylic acids is 1. The molecule has 0 bridgehead atoms. The van der Waals surface area contributed by atoms with E-state index in [1.807, 2.05) is 20.8 Å². The molecule has 2 N–H and O–H groups in total. The topological polar surface area (TPSA) is 89.5 Å². The number of carbonyl (C=O) groups is 1. The lowest BCUT2D eigenvalue weighted by molar-refractivity contribution is -0.138. The van der Waals surface area contributed by atoms with Gasteiger partial charge in [-0.25, -0.2) is 0 Å². The van der Waals surface area contributed by atoms with E-state index >= 15 is 0 Å². The van der Waals surface area contributed by atoms with E-state index in [1.54, 1.807) is 6.07 Å². The van der Waals surface area contributed by atoms with Crippen LogP contribution in [0, 0.1) is 5.92 Å². The van der Waals surface area contributed by atoms with Gasteiger partial charge in [0.15, 0.2) is 0 Å². The average Bonchev–Trinajstić information content (AvgIpc) is 2.86. The molecule has 1 amide bonds. The molecule has 2 aliphatic rings. The molecule has 0 atom stereocenters. The van der Waals surface area contributed by atoms with Gasteiger partial charge in [-0.3, -0.25) is 4.79 Å². The summed E-state index contributed by atoms with van der Waals surface area (Å²) in [5.41, 5.74) is -0.888. The highest BCUT2D eigenvalue weighted by molar-refractivity contribution is 5.79. The highest BCUT2D eigenvalue weighted by Crippen LogP contribution is 2.32. The Balaban J connectivity index is 1.40. The number of nitrogens with one attached hydrogen (secondary N) is 2. The van der Waals surface area contributed by atoms with Crippen LogP contribution in [-0.4, -0.2) is 77.6 Å². The lowest BCUT2D eigenvalue weighted by Crippen LogP contribution is -2.46. The van der Waals surface area contributed by atoms with Gasteiger partial charge in [-0.2, -0.15) is 28.1 Å². The Bertz CT molecular complexity index is 1100. The van der Waals surface area contributed by atoms with Gasteiger partial charge < -0.3 is 25.3 Å². The molecule has 1 aromatic heterocycles. The van der Waals surface area contributed by atoms with Crippen LogP contribution in [0.15, 0.2) is 24.3 Å². The van der Waals surface area contributed by atoms with Crippen LogP contribution in [0.3, 0.4) is 0 Å². The number of hydrogen-bond acceptors (Lipinski definition) is 8. The monoisotopic (exact) mass is 534 g/mol. The van der Waals surface area contributed by atoms with Crippen molar-refractivity contribution < 1.29 is 18.0 Å². The van der Waals surface area contributed by atoms with Crippen LogP contribution in [0.1, 0.15) is 44.7 Å². The molecule has 208 valence electrons. The molecule has 0 saturated carbocycles. The van der Waals surface area contributed by atoms with Crippen LogP contribution in [0.4, 0.5) is 31.0 Å². The zero-order valence-electron chi connectivity index (χ0n) is 22.5. The van der Waals surface area contributed by atoms with Gasteiger partial charge in [-0.1, -0.05) is 18.2 Å². The van der Waals surface area contributed by atoms with Gasteiger partial charge >= 0.3 is 6.18 Å². The molecule has 0 spiro atoms. The fraction of sp³-hybridized carbons (Fsp3) is 0.615. The van der Waals surface area contributed by atoms with E-state index in [0.29, 0.717) is 43.8 Å². The molecule has 3 heterocycles. The lowest BCUT2D eigenvalue weighted by atomic mass is 9.96. The Morgan fingerprint density at radius 2 is 1.50 bits per heavy atom. The van der Waals surface area contributed by atoms with Gasteiger partial charge in [0.1, 0.15) is 0 Å². The molecule has 4 rings (SSSR count). The molecule has 12 heteroatoms. The molecule has 9 nitrogen and oxygen atoms in total. The maximum Gasteiger partial charge on any atom is 0.416 e. The van der Waals surface area contributed by atoms with E-state index in [-0.39, 0.29) is 29.5 Å². The summed E-state index contributed by atoms with van der Waals surface area (Å²) in [4.78, 5) is 33.4. The fourth-order valence-electron chi connectivity index (χ4n) is 4.65. The van der Waals surface area contributed by atoms with Crippen LogP contribution in [0.25, 0.3) is 0 Å². The number of benzene rings is 1. The Kier molecular flexibility index (Phi) is 8.29. The summed E-state index contributed by atoms with van der Waals surface area (Å²) in [6.45, 7) is 10.6. The number of piperidine rings is 1. The highest BCUT2D eigenvalue weighted by atomic mass is 19.4. The van der Waals surface area contributed by atoms with Crippen molar-refractivity contribution in [2.75, 3.05) is 61.4 Å². The predicted molar refractivity (Wildman–Crippen MR) is 141 cm³/mol. The van der Waals surface area contributed by atoms with E-state index in [0.717, 1.165) is 32.2 Å². The van der Waals surface area contributed by atoms with E-state index < -0.39 is 11.7 Å². The van der Waals surface area contributed by atoms with Gasteiger partial charge in [-0.05, 0) is 52.3 Å². The third-order valence-electron chi connectivity index (χ3n) is 6.81. The molecular weight excluding hydrogens is 497 g/mol. The number of hydrogen-bond donors (Lipinski definition) is 2. The molecule has 0 radical (unpaired) electrons. The number of rotatable bonds is 6. The Labute approximate surface area is 221 Å². The summed E-state index contributed by atoms with van der Waals surface area (Å²) < 4.78 is 39.8. The van der Waals surface area contributed by atoms with Gasteiger partial charge in [0.25, 0.3) is 0 Å². The first-order valence-corrected chi connectivity index (χ1v) is 13.0. The van der Waals surface area contributed by atoms with Crippen molar-refractivity contribution in [2.45, 2.75) is 51.9 Å². The molecule has 0 aliphatic carbocycles. The van der Waals surface area contributed by atoms with Crippen molar-refractivity contribution >= 4 is 23.8 Å². The molecule has 1 aromatic carbocycles. The fourth-order valence-corrected chi connectivity index (χ4v) is 4.65. The Morgan fingerprint density at radius 3 is 2.08 bits per heavy atom. The second-order valence-corrected chi connectivity index (χ2v) is 11.1. The molecule has 2 aliphatic heterocycles. The maximum absolute atomic E-state index is 13.3. The molecule has 2 aromatic rings. The number of alkyl halides is 3. The molecule has 0 unspecified atom stereocenters. The van der Waals surface area contributed by atoms with Crippen molar-refractivity contribution in [3.63, 3.8) is 0 Å². The van der Waals surface area contributed by atoms with Crippen molar-refractivity contribution in [1.29, 1.82) is 0 Å². The minimum Gasteiger partial charge on any atom is -0.352 e. The standard InChI is InChI=1S/C26H37F3N8O/c1-25(2,3)34-22-31-23(33-24(32-22)37-15-13-35(4)14-16-37)36-11-9-18(10-12-36)21(38)30-17-19-7-5-6-8-20(19)26(27,28)29/h5-8,18H,9-17H2,1-4H3,(H,30,38)(H,31,32,33,34). The Hall–Kier alpha value is -3.15. The summed E-state index contributed by atoms with van der Waals surface area (Å²) in [6.07, 6.45) is -3.34. The SMILES string of the molecule is CN1CCN(c2nc(NC(C)(C)C)nc(N3CCC(C(=O)NCc4ccccc4C(F)(F)F)CC3)n2)CC1. The van der Waals surface area contributed by atoms with Gasteiger partial charge in [0, 0.05) is 57.3 Å². The van der Waals surface area contributed by atoms with Crippen molar-refractivity contribution in [3.05, 3.63) is 35.4 Å². The minimum absolute atomic E-state index is 0.0614. The first-order valence-electron chi connectivity index (χ1n) is 13.0. The lowest BCUT2D eigenvalue weighted by Gasteiger charge is -2.34. The van der Waals surface area contributed by atoms with Crippen LogP contribution < -0.4 is 20.4 Å². The van der Waals surface area contributed by atoms with Crippen LogP contribution >= 0.6 is 0 Å². The second kappa shape index (κ2) is 11.3. The third kappa shape index (κ3) is 7.24. The van der Waals surface area contributed by atoms with E-state index in [4.69, 9.17) is 4.98 Å². The normalized spacial score (nSPS) is 18.0. The largest absolute Gasteiger partial charge is 0.416 e. The number of nitrogens with zero attached hydrogens (tertiary/aromatic N) is 6. The highest BCUT2D eigenvalue weighted by Gasteiger charge is 2.33. The number of amides is 1. The minimum atomic E-state index is -4.46. The Morgan fingerprint density at radius 1 is 0.921 bits per heavy atom. The van der Waals surface area contributed by atoms with Crippen molar-refractivity contribution in [3.8, 4) is 0 Å². The maximum atomic E-state index is 13.3. The quantitative estimate of drug-likeness (QED) is 0.583. The van der Waals surface area contributed by atoms with Crippen molar-refractivity contribution in [2.24, 2.45) is 5.92 Å². The number of halogens is 3. The zero-order chi connectivity index (χ0) is 27.5. The summed E-state index contributed by atoms with van der Waals surface area (Å²) in [6, 6.07) is 5.33. The second-order valence-electron chi connectivity index (χ2n) is 11.1. The van der Waals surface area contributed by atoms with Crippen molar-refractivity contribution in [1.82, 2.24) is 25.2 Å². The van der Waals surface area contributed by atoms with E-state index in [1.165, 1.54) is 12.1 Å². The summed E-state index contributed by atoms with van der Waals surface area (Å²) in [7, 11) is 2.10. The van der Waals surface area contributed by atoms with Crippen LogP contribution in [-0.2, 0) is 17.5 Å². The van der Waals surface area contributed by atoms with E-state index in [2.05, 4.69) is 42.3 Å². The molecule has 38 heavy (non-hydrogen) atoms. The van der Waals surface area contributed by atoms with Gasteiger partial charge in [0.2, 0.25) is 23.8 Å².